The molecule has 0 aliphatic carbocycles. The minimum Gasteiger partial charge on any atom is -0.422 e. The fourth-order valence-corrected chi connectivity index (χ4v) is 2.98. The number of carbonyl (C=O) groups excluding carboxylic acids is 4. The number of nitrogens with one attached hydrogen (secondary N) is 3. The second-order valence-corrected chi connectivity index (χ2v) is 7.60. The van der Waals surface area contributed by atoms with E-state index in [1.807, 2.05) is 19.1 Å². The van der Waals surface area contributed by atoms with Crippen molar-refractivity contribution in [3.8, 4) is 5.75 Å². The topological polar surface area (TPSA) is 126 Å². The van der Waals surface area contributed by atoms with Gasteiger partial charge in [-0.15, -0.1) is 0 Å². The first-order valence-electron chi connectivity index (χ1n) is 10.6. The molecule has 0 aliphatic rings. The molecule has 0 saturated heterocycles. The number of aryl methyl sites for hydroxylation is 1. The Morgan fingerprint density at radius 3 is 1.97 bits per heavy atom. The molecule has 178 valence electrons. The Morgan fingerprint density at radius 1 is 0.743 bits per heavy atom. The summed E-state index contributed by atoms with van der Waals surface area (Å²) in [6, 6.07) is 20.0. The van der Waals surface area contributed by atoms with Crippen molar-refractivity contribution in [2.75, 3.05) is 10.6 Å². The molecule has 35 heavy (non-hydrogen) atoms. The lowest BCUT2D eigenvalue weighted by atomic mass is 10.1. The second kappa shape index (κ2) is 11.4. The summed E-state index contributed by atoms with van der Waals surface area (Å²) < 4.78 is 5.52. The third kappa shape index (κ3) is 7.10. The molecule has 0 heterocycles. The average Bonchev–Trinajstić information content (AvgIpc) is 2.84. The number of hydrogen-bond donors (Lipinski definition) is 3. The summed E-state index contributed by atoms with van der Waals surface area (Å²) in [5, 5.41) is 9.02. The lowest BCUT2D eigenvalue weighted by Crippen LogP contribution is -2.33. The third-order valence-corrected chi connectivity index (χ3v) is 4.76. The number of ether oxygens (including phenoxy) is 1. The molecule has 3 N–H and O–H groups in total. The number of anilines is 2. The Labute approximate surface area is 202 Å². The molecule has 0 aromatic heterocycles. The van der Waals surface area contributed by atoms with E-state index >= 15 is 0 Å². The van der Waals surface area contributed by atoms with Gasteiger partial charge in [0.2, 0.25) is 5.91 Å². The van der Waals surface area contributed by atoms with Crippen LogP contribution in [-0.2, 0) is 14.4 Å². The van der Waals surface area contributed by atoms with Crippen molar-refractivity contribution in [2.24, 2.45) is 5.10 Å². The zero-order valence-electron chi connectivity index (χ0n) is 19.4. The monoisotopic (exact) mass is 472 g/mol. The molecule has 0 aliphatic heterocycles. The highest BCUT2D eigenvalue weighted by molar-refractivity contribution is 6.39. The van der Waals surface area contributed by atoms with Crippen molar-refractivity contribution in [1.29, 1.82) is 0 Å². The van der Waals surface area contributed by atoms with Crippen LogP contribution in [0.4, 0.5) is 11.4 Å². The maximum Gasteiger partial charge on any atom is 0.343 e. The van der Waals surface area contributed by atoms with Crippen molar-refractivity contribution < 1.29 is 23.9 Å². The average molecular weight is 473 g/mol. The quantitative estimate of drug-likeness (QED) is 0.166. The van der Waals surface area contributed by atoms with Crippen LogP contribution < -0.4 is 20.8 Å². The van der Waals surface area contributed by atoms with Gasteiger partial charge in [0.1, 0.15) is 5.75 Å². The molecule has 3 aromatic carbocycles. The number of para-hydroxylation sites is 1. The van der Waals surface area contributed by atoms with Gasteiger partial charge in [-0.25, -0.2) is 10.2 Å². The van der Waals surface area contributed by atoms with Gasteiger partial charge in [-0.3, -0.25) is 14.4 Å². The number of nitrogens with zero attached hydrogens (tertiary/aromatic N) is 1. The first-order chi connectivity index (χ1) is 16.7. The Kier molecular flexibility index (Phi) is 8.07. The van der Waals surface area contributed by atoms with E-state index in [1.165, 1.54) is 6.92 Å². The summed E-state index contributed by atoms with van der Waals surface area (Å²) in [4.78, 5) is 48.0. The highest BCUT2D eigenvalue weighted by Crippen LogP contribution is 2.20. The molecule has 3 amide bonds. The van der Waals surface area contributed by atoms with Gasteiger partial charge in [-0.1, -0.05) is 29.8 Å². The Morgan fingerprint density at radius 2 is 1.34 bits per heavy atom. The van der Waals surface area contributed by atoms with Crippen LogP contribution >= 0.6 is 0 Å². The van der Waals surface area contributed by atoms with Crippen LogP contribution in [-0.4, -0.2) is 29.4 Å². The Hall–Kier alpha value is -4.79. The van der Waals surface area contributed by atoms with Crippen LogP contribution in [0.3, 0.4) is 0 Å². The molecule has 0 bridgehead atoms. The fraction of sp³-hybridized carbons (Fsp3) is 0.115. The van der Waals surface area contributed by atoms with Crippen molar-refractivity contribution in [2.45, 2.75) is 20.8 Å². The van der Waals surface area contributed by atoms with E-state index in [1.54, 1.807) is 67.6 Å². The molecule has 0 atom stereocenters. The van der Waals surface area contributed by atoms with Crippen molar-refractivity contribution in [3.63, 3.8) is 0 Å². The summed E-state index contributed by atoms with van der Waals surface area (Å²) in [7, 11) is 0. The molecule has 0 radical (unpaired) electrons. The van der Waals surface area contributed by atoms with E-state index in [0.717, 1.165) is 5.56 Å². The number of rotatable bonds is 6. The van der Waals surface area contributed by atoms with E-state index in [4.69, 9.17) is 4.74 Å². The van der Waals surface area contributed by atoms with E-state index in [9.17, 15) is 19.2 Å². The van der Waals surface area contributed by atoms with E-state index < -0.39 is 17.8 Å². The molecular formula is C26H24N4O5. The van der Waals surface area contributed by atoms with Gasteiger partial charge in [0, 0.05) is 23.9 Å². The summed E-state index contributed by atoms with van der Waals surface area (Å²) in [5.74, 6) is -2.39. The van der Waals surface area contributed by atoms with Gasteiger partial charge in [-0.2, -0.15) is 5.10 Å². The van der Waals surface area contributed by atoms with Crippen LogP contribution in [0.5, 0.6) is 5.75 Å². The van der Waals surface area contributed by atoms with Crippen molar-refractivity contribution >= 4 is 40.8 Å². The number of amides is 3. The maximum atomic E-state index is 12.5. The van der Waals surface area contributed by atoms with E-state index in [2.05, 4.69) is 21.2 Å². The lowest BCUT2D eigenvalue weighted by molar-refractivity contribution is -0.136. The van der Waals surface area contributed by atoms with Gasteiger partial charge in [0.25, 0.3) is 0 Å². The lowest BCUT2D eigenvalue weighted by Gasteiger charge is -2.10. The van der Waals surface area contributed by atoms with Crippen LogP contribution in [0.25, 0.3) is 0 Å². The molecule has 9 nitrogen and oxygen atoms in total. The zero-order valence-corrected chi connectivity index (χ0v) is 19.4. The standard InChI is InChI=1S/C26H24N4O5/c1-16-8-10-19(11-9-16)26(34)35-23-7-5-4-6-22(23)17(2)29-30-25(33)24(32)28-21-14-12-20(13-15-21)27-18(3)31/h4-15H,1-3H3,(H,27,31)(H,28,32)(H,30,33)/b29-17+. The predicted molar refractivity (Wildman–Crippen MR) is 132 cm³/mol. The van der Waals surface area contributed by atoms with Gasteiger partial charge >= 0.3 is 17.8 Å². The molecule has 3 aromatic rings. The number of hydrazone groups is 1. The predicted octanol–water partition coefficient (Wildman–Crippen LogP) is 3.65. The normalized spacial score (nSPS) is 10.8. The molecular weight excluding hydrogens is 448 g/mol. The minimum absolute atomic E-state index is 0.221. The SMILES string of the molecule is CC(=O)Nc1ccc(NC(=O)C(=O)N/N=C(\C)c2ccccc2OC(=O)c2ccc(C)cc2)cc1. The smallest absolute Gasteiger partial charge is 0.343 e. The Bertz CT molecular complexity index is 1280. The summed E-state index contributed by atoms with van der Waals surface area (Å²) in [6.07, 6.45) is 0. The first-order valence-corrected chi connectivity index (χ1v) is 10.6. The summed E-state index contributed by atoms with van der Waals surface area (Å²) >= 11 is 0. The first kappa shape index (κ1) is 24.8. The van der Waals surface area contributed by atoms with Crippen LogP contribution in [0.2, 0.25) is 0 Å². The van der Waals surface area contributed by atoms with Gasteiger partial charge < -0.3 is 15.4 Å². The van der Waals surface area contributed by atoms with Crippen molar-refractivity contribution in [3.05, 3.63) is 89.5 Å². The molecule has 9 heteroatoms. The minimum atomic E-state index is -0.982. The number of esters is 1. The molecule has 0 saturated carbocycles. The fourth-order valence-electron chi connectivity index (χ4n) is 2.98. The van der Waals surface area contributed by atoms with Crippen LogP contribution in [0, 0.1) is 6.92 Å². The maximum absolute atomic E-state index is 12.5. The van der Waals surface area contributed by atoms with E-state index in [0.29, 0.717) is 28.2 Å². The van der Waals surface area contributed by atoms with Gasteiger partial charge in [0.05, 0.1) is 11.3 Å². The molecule has 0 fully saturated rings. The van der Waals surface area contributed by atoms with Crippen LogP contribution in [0.15, 0.2) is 77.9 Å². The molecule has 3 rings (SSSR count). The molecule has 0 unspecified atom stereocenters. The zero-order chi connectivity index (χ0) is 25.4. The number of carbonyl (C=O) groups is 4. The number of benzene rings is 3. The largest absolute Gasteiger partial charge is 0.422 e. The van der Waals surface area contributed by atoms with Gasteiger partial charge in [-0.05, 0) is 62.4 Å². The summed E-state index contributed by atoms with van der Waals surface area (Å²) in [6.45, 7) is 4.91. The van der Waals surface area contributed by atoms with Gasteiger partial charge in [0.15, 0.2) is 0 Å². The summed E-state index contributed by atoms with van der Waals surface area (Å²) in [5.41, 5.74) is 5.35. The van der Waals surface area contributed by atoms with Crippen LogP contribution in [0.1, 0.15) is 35.3 Å². The number of hydrogen-bond acceptors (Lipinski definition) is 6. The molecule has 0 spiro atoms. The highest BCUT2D eigenvalue weighted by atomic mass is 16.5. The highest BCUT2D eigenvalue weighted by Gasteiger charge is 2.16. The van der Waals surface area contributed by atoms with Crippen molar-refractivity contribution in [1.82, 2.24) is 5.43 Å². The van der Waals surface area contributed by atoms with E-state index in [-0.39, 0.29) is 11.7 Å². The third-order valence-electron chi connectivity index (χ3n) is 4.76. The second-order valence-electron chi connectivity index (χ2n) is 7.60. The Balaban J connectivity index is 1.63.